The molecule has 0 amide bonds. The first kappa shape index (κ1) is 24.8. The highest BCUT2D eigenvalue weighted by Gasteiger charge is 2.55. The molecule has 0 aromatic heterocycles. The van der Waals surface area contributed by atoms with Crippen LogP contribution in [0, 0.1) is 0 Å². The van der Waals surface area contributed by atoms with Gasteiger partial charge in [-0.3, -0.25) is 18.9 Å². The molecule has 0 heterocycles. The average molecular weight is 410 g/mol. The zero-order valence-electron chi connectivity index (χ0n) is 15.0. The summed E-state index contributed by atoms with van der Waals surface area (Å²) < 4.78 is 25.7. The van der Waals surface area contributed by atoms with Crippen LogP contribution < -0.4 is 0 Å². The van der Waals surface area contributed by atoms with E-state index in [4.69, 9.17) is 0 Å². The maximum Gasteiger partial charge on any atom is 0.343 e. The maximum absolute atomic E-state index is 11.9. The summed E-state index contributed by atoms with van der Waals surface area (Å²) in [4.78, 5) is 64.9. The number of carbonyl (C=O) groups excluding carboxylic acids is 3. The maximum atomic E-state index is 11.9. The van der Waals surface area contributed by atoms with Gasteiger partial charge in [-0.2, -0.15) is 0 Å². The molecule has 27 heavy (non-hydrogen) atoms. The smallest absolute Gasteiger partial charge is 0.343 e. The number of carboxylic acids is 1. The largest absolute Gasteiger partial charge is 0.480 e. The van der Waals surface area contributed by atoms with Gasteiger partial charge < -0.3 is 29.1 Å². The van der Waals surface area contributed by atoms with Crippen LogP contribution in [0.5, 0.6) is 0 Å². The lowest BCUT2D eigenvalue weighted by Gasteiger charge is -2.28. The van der Waals surface area contributed by atoms with Crippen molar-refractivity contribution in [3.05, 3.63) is 12.2 Å². The van der Waals surface area contributed by atoms with E-state index in [-0.39, 0.29) is 18.8 Å². The van der Waals surface area contributed by atoms with Crippen molar-refractivity contribution < 1.29 is 52.8 Å². The average Bonchev–Trinajstić information content (AvgIpc) is 2.53. The number of hydrogen-bond acceptors (Lipinski definition) is 8. The van der Waals surface area contributed by atoms with E-state index >= 15 is 0 Å². The Hall–Kier alpha value is -2.23. The molecule has 0 fully saturated rings. The summed E-state index contributed by atoms with van der Waals surface area (Å²) in [5.74, 6) is -4.78. The van der Waals surface area contributed by atoms with Crippen molar-refractivity contribution in [1.29, 1.82) is 0 Å². The summed E-state index contributed by atoms with van der Waals surface area (Å²) in [6.07, 6.45) is -2.62. The Morgan fingerprint density at radius 1 is 1.04 bits per heavy atom. The van der Waals surface area contributed by atoms with Crippen LogP contribution in [0.4, 0.5) is 0 Å². The van der Waals surface area contributed by atoms with Gasteiger partial charge in [0.25, 0.3) is 0 Å². The summed E-state index contributed by atoms with van der Waals surface area (Å²) in [6, 6.07) is 0. The number of esters is 3. The molecule has 3 N–H and O–H groups in total. The minimum absolute atomic E-state index is 0.000238. The standard InChI is InChI=1S/C15H23O11P/c1-4-24-11(16)5-6-15(14(19)20,27(21,22)23)9-12(17)25-7-8-26-13(18)10(2)3/h2,4-9H2,1,3H3,(H,19,20)(H2,21,22,23). The molecule has 0 spiro atoms. The summed E-state index contributed by atoms with van der Waals surface area (Å²) in [7, 11) is -5.36. The summed E-state index contributed by atoms with van der Waals surface area (Å²) in [6.45, 7) is 5.44. The first-order valence-corrected chi connectivity index (χ1v) is 9.41. The zero-order chi connectivity index (χ0) is 21.3. The predicted molar refractivity (Wildman–Crippen MR) is 89.6 cm³/mol. The normalized spacial score (nSPS) is 13.2. The fraction of sp³-hybridized carbons (Fsp3) is 0.600. The Balaban J connectivity index is 5.03. The molecule has 0 rings (SSSR count). The molecule has 0 aromatic rings. The SMILES string of the molecule is C=C(C)C(=O)OCCOC(=O)CC(CCC(=O)OCC)(C(=O)O)P(=O)(O)O. The molecular formula is C15H23O11P. The number of aliphatic carboxylic acids is 1. The molecule has 12 heteroatoms. The van der Waals surface area contributed by atoms with Gasteiger partial charge in [0.1, 0.15) is 13.2 Å². The van der Waals surface area contributed by atoms with Crippen molar-refractivity contribution in [2.24, 2.45) is 0 Å². The second kappa shape index (κ2) is 10.8. The van der Waals surface area contributed by atoms with Gasteiger partial charge in [-0.05, 0) is 20.3 Å². The highest BCUT2D eigenvalue weighted by molar-refractivity contribution is 7.54. The first-order chi connectivity index (χ1) is 12.4. The number of carboxylic acid groups (broad SMARTS) is 1. The molecule has 0 aliphatic heterocycles. The Morgan fingerprint density at radius 3 is 2.04 bits per heavy atom. The van der Waals surface area contributed by atoms with E-state index in [1.807, 2.05) is 0 Å². The van der Waals surface area contributed by atoms with Crippen LogP contribution in [-0.4, -0.2) is 63.7 Å². The van der Waals surface area contributed by atoms with Crippen molar-refractivity contribution in [3.63, 3.8) is 0 Å². The van der Waals surface area contributed by atoms with Gasteiger partial charge in [-0.15, -0.1) is 0 Å². The molecule has 0 saturated heterocycles. The van der Waals surface area contributed by atoms with Crippen molar-refractivity contribution in [3.8, 4) is 0 Å². The van der Waals surface area contributed by atoms with E-state index in [1.54, 1.807) is 0 Å². The van der Waals surface area contributed by atoms with Gasteiger partial charge >= 0.3 is 31.5 Å². The second-order valence-electron chi connectivity index (χ2n) is 5.50. The second-order valence-corrected chi connectivity index (χ2v) is 7.44. The highest BCUT2D eigenvalue weighted by atomic mass is 31.2. The quantitative estimate of drug-likeness (QED) is 0.133. The van der Waals surface area contributed by atoms with Crippen LogP contribution >= 0.6 is 7.60 Å². The summed E-state index contributed by atoms with van der Waals surface area (Å²) in [5.41, 5.74) is 0.117. The van der Waals surface area contributed by atoms with E-state index in [2.05, 4.69) is 20.8 Å². The predicted octanol–water partition coefficient (Wildman–Crippen LogP) is 0.383. The lowest BCUT2D eigenvalue weighted by molar-refractivity contribution is -0.154. The minimum atomic E-state index is -5.36. The number of ether oxygens (including phenoxy) is 3. The van der Waals surface area contributed by atoms with Crippen molar-refractivity contribution in [2.75, 3.05) is 19.8 Å². The van der Waals surface area contributed by atoms with Crippen LogP contribution in [0.3, 0.4) is 0 Å². The van der Waals surface area contributed by atoms with Gasteiger partial charge in [0.2, 0.25) is 0 Å². The molecule has 0 radical (unpaired) electrons. The fourth-order valence-corrected chi connectivity index (χ4v) is 2.88. The topological polar surface area (TPSA) is 174 Å². The molecular weight excluding hydrogens is 387 g/mol. The van der Waals surface area contributed by atoms with E-state index in [0.717, 1.165) is 0 Å². The molecule has 0 aromatic carbocycles. The monoisotopic (exact) mass is 410 g/mol. The molecule has 11 nitrogen and oxygen atoms in total. The van der Waals surface area contributed by atoms with Crippen molar-refractivity contribution >= 4 is 31.5 Å². The molecule has 1 atom stereocenters. The lowest BCUT2D eigenvalue weighted by Crippen LogP contribution is -2.42. The van der Waals surface area contributed by atoms with Crippen LogP contribution in [0.2, 0.25) is 0 Å². The number of hydrogen-bond donors (Lipinski definition) is 3. The first-order valence-electron chi connectivity index (χ1n) is 7.80. The molecule has 0 aliphatic carbocycles. The Kier molecular flexibility index (Phi) is 9.91. The van der Waals surface area contributed by atoms with Crippen LogP contribution in [0.1, 0.15) is 33.1 Å². The van der Waals surface area contributed by atoms with Crippen molar-refractivity contribution in [2.45, 2.75) is 38.3 Å². The van der Waals surface area contributed by atoms with E-state index in [1.165, 1.54) is 13.8 Å². The van der Waals surface area contributed by atoms with Crippen LogP contribution in [0.15, 0.2) is 12.2 Å². The summed E-state index contributed by atoms with van der Waals surface area (Å²) in [5, 5.41) is 6.48. The fourth-order valence-electron chi connectivity index (χ4n) is 1.89. The Labute approximate surface area is 155 Å². The van der Waals surface area contributed by atoms with E-state index in [0.29, 0.717) is 0 Å². The highest BCUT2D eigenvalue weighted by Crippen LogP contribution is 2.55. The number of rotatable bonds is 12. The van der Waals surface area contributed by atoms with E-state index < -0.39 is 62.5 Å². The number of carbonyl (C=O) groups is 4. The molecule has 0 bridgehead atoms. The molecule has 0 saturated carbocycles. The van der Waals surface area contributed by atoms with Gasteiger partial charge in [0.05, 0.1) is 13.0 Å². The van der Waals surface area contributed by atoms with Gasteiger partial charge in [-0.25, -0.2) is 4.79 Å². The summed E-state index contributed by atoms with van der Waals surface area (Å²) >= 11 is 0. The van der Waals surface area contributed by atoms with Gasteiger partial charge in [-0.1, -0.05) is 6.58 Å². The van der Waals surface area contributed by atoms with E-state index in [9.17, 15) is 38.6 Å². The molecule has 1 unspecified atom stereocenters. The van der Waals surface area contributed by atoms with Crippen LogP contribution in [-0.2, 0) is 38.0 Å². The third-order valence-electron chi connectivity index (χ3n) is 3.37. The van der Waals surface area contributed by atoms with Gasteiger partial charge in [0.15, 0.2) is 5.16 Å². The van der Waals surface area contributed by atoms with Crippen LogP contribution in [0.25, 0.3) is 0 Å². The molecule has 0 aliphatic rings. The Morgan fingerprint density at radius 2 is 1.59 bits per heavy atom. The van der Waals surface area contributed by atoms with Crippen molar-refractivity contribution in [1.82, 2.24) is 0 Å². The minimum Gasteiger partial charge on any atom is -0.480 e. The third-order valence-corrected chi connectivity index (χ3v) is 5.06. The molecule has 154 valence electrons. The Bertz CT molecular complexity index is 636. The lowest BCUT2D eigenvalue weighted by atomic mass is 9.98. The van der Waals surface area contributed by atoms with Gasteiger partial charge in [0, 0.05) is 12.0 Å². The third kappa shape index (κ3) is 7.90. The zero-order valence-corrected chi connectivity index (χ0v) is 15.9.